The average Bonchev–Trinajstić information content (AvgIpc) is 2.35. The fraction of sp³-hybridized carbons (Fsp3) is 0.733. The fourth-order valence-corrected chi connectivity index (χ4v) is 5.12. The summed E-state index contributed by atoms with van der Waals surface area (Å²) in [5.41, 5.74) is 5.66. The van der Waals surface area contributed by atoms with E-state index in [2.05, 4.69) is 15.0 Å². The highest BCUT2D eigenvalue weighted by atomic mass is 16.1. The highest BCUT2D eigenvalue weighted by Crippen LogP contribution is 2.57. The fourth-order valence-electron chi connectivity index (χ4n) is 5.12. The molecule has 0 atom stereocenters. The molecule has 4 fully saturated rings. The molecule has 1 aromatic heterocycles. The van der Waals surface area contributed by atoms with Gasteiger partial charge < -0.3 is 5.73 Å². The minimum absolute atomic E-state index is 0.107. The van der Waals surface area contributed by atoms with Crippen molar-refractivity contribution in [3.63, 3.8) is 0 Å². The summed E-state index contributed by atoms with van der Waals surface area (Å²) in [5.74, 6) is 4.05. The van der Waals surface area contributed by atoms with Crippen LogP contribution in [0.1, 0.15) is 48.5 Å². The van der Waals surface area contributed by atoms with Crippen LogP contribution < -0.4 is 5.73 Å². The van der Waals surface area contributed by atoms with Gasteiger partial charge in [0.15, 0.2) is 0 Å². The van der Waals surface area contributed by atoms with Gasteiger partial charge in [-0.3, -0.25) is 4.79 Å². The average molecular weight is 272 g/mol. The van der Waals surface area contributed by atoms with Gasteiger partial charge in [0.1, 0.15) is 5.82 Å². The number of anilines is 1. The van der Waals surface area contributed by atoms with Gasteiger partial charge in [-0.25, -0.2) is 4.98 Å². The Hall–Kier alpha value is -1.52. The zero-order valence-electron chi connectivity index (χ0n) is 11.7. The van der Waals surface area contributed by atoms with Gasteiger partial charge in [0, 0.05) is 5.92 Å². The molecule has 4 aliphatic rings. The molecular formula is C15H20N4O. The van der Waals surface area contributed by atoms with E-state index in [0.717, 1.165) is 11.8 Å². The Morgan fingerprint density at radius 3 is 2.15 bits per heavy atom. The molecule has 0 radical (unpaired) electrons. The molecule has 0 aliphatic heterocycles. The topological polar surface area (TPSA) is 81.8 Å². The van der Waals surface area contributed by atoms with E-state index in [4.69, 9.17) is 5.73 Å². The second-order valence-corrected chi connectivity index (χ2v) is 6.89. The number of aryl methyl sites for hydroxylation is 1. The van der Waals surface area contributed by atoms with E-state index in [1.54, 1.807) is 6.92 Å². The molecule has 5 rings (SSSR count). The molecule has 5 nitrogen and oxygen atoms in total. The summed E-state index contributed by atoms with van der Waals surface area (Å²) < 4.78 is 0. The summed E-state index contributed by atoms with van der Waals surface area (Å²) in [5, 5.41) is 0. The maximum atomic E-state index is 12.8. The predicted molar refractivity (Wildman–Crippen MR) is 73.8 cm³/mol. The maximum Gasteiger partial charge on any atom is 0.223 e. The lowest BCUT2D eigenvalue weighted by Crippen LogP contribution is -2.48. The van der Waals surface area contributed by atoms with Crippen LogP contribution in [0.4, 0.5) is 5.95 Å². The first-order valence-corrected chi connectivity index (χ1v) is 7.62. The SMILES string of the molecule is Cc1nc(N)nc(C(=O)C2C3CC4CC(C3)CC2C4)n1. The molecule has 0 unspecified atom stereocenters. The number of ketones is 1. The van der Waals surface area contributed by atoms with Crippen molar-refractivity contribution >= 4 is 11.7 Å². The molecule has 106 valence electrons. The molecule has 2 N–H and O–H groups in total. The summed E-state index contributed by atoms with van der Waals surface area (Å²) in [6.45, 7) is 1.76. The molecule has 5 heteroatoms. The van der Waals surface area contributed by atoms with E-state index >= 15 is 0 Å². The van der Waals surface area contributed by atoms with E-state index in [9.17, 15) is 4.79 Å². The van der Waals surface area contributed by atoms with E-state index < -0.39 is 0 Å². The highest BCUT2D eigenvalue weighted by Gasteiger charge is 2.51. The quantitative estimate of drug-likeness (QED) is 0.833. The number of carbonyl (C=O) groups is 1. The third-order valence-electron chi connectivity index (χ3n) is 5.51. The number of aromatic nitrogens is 3. The van der Waals surface area contributed by atoms with Gasteiger partial charge in [-0.1, -0.05) is 0 Å². The van der Waals surface area contributed by atoms with Crippen molar-refractivity contribution in [3.05, 3.63) is 11.6 Å². The minimum atomic E-state index is 0.107. The normalized spacial score (nSPS) is 38.1. The number of nitrogens with zero attached hydrogens (tertiary/aromatic N) is 3. The molecule has 1 heterocycles. The molecule has 20 heavy (non-hydrogen) atoms. The van der Waals surface area contributed by atoms with Crippen molar-refractivity contribution in [2.75, 3.05) is 5.73 Å². The number of carbonyl (C=O) groups excluding carboxylic acids is 1. The Balaban J connectivity index is 1.65. The largest absolute Gasteiger partial charge is 0.368 e. The smallest absolute Gasteiger partial charge is 0.223 e. The number of nitrogens with two attached hydrogens (primary N) is 1. The third kappa shape index (κ3) is 1.83. The van der Waals surface area contributed by atoms with Gasteiger partial charge in [0.25, 0.3) is 0 Å². The molecule has 0 aromatic carbocycles. The second-order valence-electron chi connectivity index (χ2n) is 6.89. The zero-order chi connectivity index (χ0) is 13.9. The van der Waals surface area contributed by atoms with Crippen LogP contribution in [0.2, 0.25) is 0 Å². The lowest BCUT2D eigenvalue weighted by Gasteiger charge is -2.53. The van der Waals surface area contributed by atoms with Crippen LogP contribution in [0, 0.1) is 36.5 Å². The molecular weight excluding hydrogens is 252 g/mol. The van der Waals surface area contributed by atoms with Crippen LogP contribution in [0.15, 0.2) is 0 Å². The van der Waals surface area contributed by atoms with Crippen molar-refractivity contribution in [1.82, 2.24) is 15.0 Å². The van der Waals surface area contributed by atoms with Gasteiger partial charge in [-0.15, -0.1) is 0 Å². The third-order valence-corrected chi connectivity index (χ3v) is 5.51. The molecule has 4 bridgehead atoms. The van der Waals surface area contributed by atoms with Crippen LogP contribution in [0.3, 0.4) is 0 Å². The summed E-state index contributed by atoms with van der Waals surface area (Å²) in [6.07, 6.45) is 6.30. The van der Waals surface area contributed by atoms with Gasteiger partial charge in [-0.05, 0) is 62.7 Å². The Kier molecular flexibility index (Phi) is 2.59. The van der Waals surface area contributed by atoms with Gasteiger partial charge in [0.05, 0.1) is 0 Å². The van der Waals surface area contributed by atoms with E-state index in [-0.39, 0.29) is 23.5 Å². The Bertz CT molecular complexity index is 523. The number of rotatable bonds is 2. The molecule has 0 amide bonds. The summed E-state index contributed by atoms with van der Waals surface area (Å²) >= 11 is 0. The first-order chi connectivity index (χ1) is 9.60. The van der Waals surface area contributed by atoms with E-state index in [0.29, 0.717) is 17.7 Å². The summed E-state index contributed by atoms with van der Waals surface area (Å²) in [4.78, 5) is 25.1. The number of nitrogen functional groups attached to an aromatic ring is 1. The Morgan fingerprint density at radius 2 is 1.60 bits per heavy atom. The molecule has 4 saturated carbocycles. The maximum absolute atomic E-state index is 12.8. The van der Waals surface area contributed by atoms with Gasteiger partial charge in [0.2, 0.25) is 17.6 Å². The van der Waals surface area contributed by atoms with Crippen LogP contribution >= 0.6 is 0 Å². The monoisotopic (exact) mass is 272 g/mol. The first kappa shape index (κ1) is 12.2. The number of hydrogen-bond acceptors (Lipinski definition) is 5. The second kappa shape index (κ2) is 4.24. The lowest BCUT2D eigenvalue weighted by atomic mass is 9.51. The predicted octanol–water partition coefficient (Wildman–Crippen LogP) is 2.02. The van der Waals surface area contributed by atoms with Crippen LogP contribution in [-0.2, 0) is 0 Å². The van der Waals surface area contributed by atoms with Gasteiger partial charge in [-0.2, -0.15) is 9.97 Å². The molecule has 4 aliphatic carbocycles. The van der Waals surface area contributed by atoms with Crippen LogP contribution in [0.25, 0.3) is 0 Å². The van der Waals surface area contributed by atoms with Gasteiger partial charge >= 0.3 is 0 Å². The summed E-state index contributed by atoms with van der Waals surface area (Å²) in [7, 11) is 0. The number of Topliss-reactive ketones (excluding diaryl/α,β-unsaturated/α-hetero) is 1. The van der Waals surface area contributed by atoms with E-state index in [1.807, 2.05) is 0 Å². The zero-order valence-corrected chi connectivity index (χ0v) is 11.7. The minimum Gasteiger partial charge on any atom is -0.368 e. The Morgan fingerprint density at radius 1 is 1.00 bits per heavy atom. The molecule has 0 spiro atoms. The van der Waals surface area contributed by atoms with E-state index in [1.165, 1.54) is 32.1 Å². The van der Waals surface area contributed by atoms with Crippen molar-refractivity contribution in [1.29, 1.82) is 0 Å². The molecule has 0 saturated heterocycles. The van der Waals surface area contributed by atoms with Crippen molar-refractivity contribution < 1.29 is 4.79 Å². The standard InChI is InChI=1S/C15H20N4O/c1-7-17-14(19-15(16)18-7)13(20)12-10-3-8-2-9(5-10)6-11(12)4-8/h8-12H,2-6H2,1H3,(H2,16,17,18,19). The Labute approximate surface area is 118 Å². The van der Waals surface area contributed by atoms with Crippen molar-refractivity contribution in [2.45, 2.75) is 39.0 Å². The van der Waals surface area contributed by atoms with Crippen molar-refractivity contribution in [2.24, 2.45) is 29.6 Å². The summed E-state index contributed by atoms with van der Waals surface area (Å²) in [6, 6.07) is 0. The molecule has 1 aromatic rings. The van der Waals surface area contributed by atoms with Crippen LogP contribution in [-0.4, -0.2) is 20.7 Å². The first-order valence-electron chi connectivity index (χ1n) is 7.62. The lowest BCUT2D eigenvalue weighted by molar-refractivity contribution is -0.0255. The van der Waals surface area contributed by atoms with Crippen LogP contribution in [0.5, 0.6) is 0 Å². The highest BCUT2D eigenvalue weighted by molar-refractivity contribution is 5.95. The number of hydrogen-bond donors (Lipinski definition) is 1. The van der Waals surface area contributed by atoms with Crippen molar-refractivity contribution in [3.8, 4) is 0 Å².